The number of aliphatic hydroxyl groups is 2. The molecular weight excluding hydrogens is 204 g/mol. The summed E-state index contributed by atoms with van der Waals surface area (Å²) in [6.07, 6.45) is 0. The molecule has 0 aromatic heterocycles. The fourth-order valence-corrected chi connectivity index (χ4v) is 1.46. The molecule has 4 nitrogen and oxygen atoms in total. The summed E-state index contributed by atoms with van der Waals surface area (Å²) in [4.78, 5) is 0. The molecule has 0 saturated heterocycles. The molecule has 0 bridgehead atoms. The van der Waals surface area contributed by atoms with Gasteiger partial charge in [-0.05, 0) is 24.6 Å². The molecule has 0 aliphatic carbocycles. The Hall–Kier alpha value is -1.41. The lowest BCUT2D eigenvalue weighted by Crippen LogP contribution is -2.37. The van der Waals surface area contributed by atoms with Crippen LogP contribution in [0, 0.1) is 11.3 Å². The maximum Gasteiger partial charge on any atom is 0.0991 e. The van der Waals surface area contributed by atoms with Crippen LogP contribution < -0.4 is 5.32 Å². The van der Waals surface area contributed by atoms with Gasteiger partial charge in [-0.1, -0.05) is 12.1 Å². The van der Waals surface area contributed by atoms with Crippen molar-refractivity contribution in [3.05, 3.63) is 35.4 Å². The molecule has 1 rings (SSSR count). The molecule has 1 unspecified atom stereocenters. The van der Waals surface area contributed by atoms with E-state index < -0.39 is 0 Å². The van der Waals surface area contributed by atoms with E-state index in [0.717, 1.165) is 5.56 Å². The maximum atomic E-state index is 8.94. The van der Waals surface area contributed by atoms with E-state index in [4.69, 9.17) is 15.5 Å². The predicted molar refractivity (Wildman–Crippen MR) is 60.7 cm³/mol. The summed E-state index contributed by atoms with van der Waals surface area (Å²) < 4.78 is 0. The molecule has 0 radical (unpaired) electrons. The Morgan fingerprint density at radius 3 is 2.25 bits per heavy atom. The van der Waals surface area contributed by atoms with Crippen LogP contribution in [0.3, 0.4) is 0 Å². The van der Waals surface area contributed by atoms with Crippen molar-refractivity contribution < 1.29 is 10.2 Å². The number of rotatable bonds is 5. The van der Waals surface area contributed by atoms with E-state index in [9.17, 15) is 0 Å². The SMILES string of the molecule is CC(NC(CO)CO)c1ccc(C#N)cc1. The van der Waals surface area contributed by atoms with Crippen LogP contribution in [0.2, 0.25) is 0 Å². The fraction of sp³-hybridized carbons (Fsp3) is 0.417. The summed E-state index contributed by atoms with van der Waals surface area (Å²) in [5.41, 5.74) is 1.64. The molecule has 0 saturated carbocycles. The Morgan fingerprint density at radius 2 is 1.81 bits per heavy atom. The van der Waals surface area contributed by atoms with Gasteiger partial charge in [0.05, 0.1) is 30.9 Å². The molecule has 1 atom stereocenters. The molecule has 16 heavy (non-hydrogen) atoms. The molecule has 0 aliphatic rings. The monoisotopic (exact) mass is 220 g/mol. The Kier molecular flexibility index (Phi) is 4.93. The zero-order valence-corrected chi connectivity index (χ0v) is 9.22. The largest absolute Gasteiger partial charge is 0.395 e. The van der Waals surface area contributed by atoms with E-state index in [1.165, 1.54) is 0 Å². The lowest BCUT2D eigenvalue weighted by atomic mass is 10.1. The molecule has 1 aromatic rings. The highest BCUT2D eigenvalue weighted by molar-refractivity contribution is 5.32. The number of aliphatic hydroxyl groups excluding tert-OH is 2. The Labute approximate surface area is 95.2 Å². The number of benzene rings is 1. The van der Waals surface area contributed by atoms with Crippen LogP contribution >= 0.6 is 0 Å². The molecule has 4 heteroatoms. The first-order chi connectivity index (χ1) is 7.71. The molecular formula is C12H16N2O2. The Morgan fingerprint density at radius 1 is 1.25 bits per heavy atom. The summed E-state index contributed by atoms with van der Waals surface area (Å²) in [6.45, 7) is 1.74. The molecule has 0 fully saturated rings. The van der Waals surface area contributed by atoms with Gasteiger partial charge in [-0.25, -0.2) is 0 Å². The second kappa shape index (κ2) is 6.23. The highest BCUT2D eigenvalue weighted by atomic mass is 16.3. The van der Waals surface area contributed by atoms with Gasteiger partial charge in [0.1, 0.15) is 0 Å². The zero-order valence-electron chi connectivity index (χ0n) is 9.22. The predicted octanol–water partition coefficient (Wildman–Crippen LogP) is 0.562. The van der Waals surface area contributed by atoms with Crippen molar-refractivity contribution in [1.82, 2.24) is 5.32 Å². The normalized spacial score (nSPS) is 12.4. The first-order valence-corrected chi connectivity index (χ1v) is 5.19. The van der Waals surface area contributed by atoms with Gasteiger partial charge in [-0.15, -0.1) is 0 Å². The van der Waals surface area contributed by atoms with Gasteiger partial charge in [0.2, 0.25) is 0 Å². The molecule has 0 amide bonds. The van der Waals surface area contributed by atoms with E-state index in [2.05, 4.69) is 11.4 Å². The third kappa shape index (κ3) is 3.31. The quantitative estimate of drug-likeness (QED) is 0.677. The average Bonchev–Trinajstić information content (AvgIpc) is 2.35. The van der Waals surface area contributed by atoms with Crippen molar-refractivity contribution >= 4 is 0 Å². The maximum absolute atomic E-state index is 8.94. The molecule has 0 aliphatic heterocycles. The smallest absolute Gasteiger partial charge is 0.0991 e. The molecule has 0 heterocycles. The molecule has 1 aromatic carbocycles. The first-order valence-electron chi connectivity index (χ1n) is 5.19. The second-order valence-electron chi connectivity index (χ2n) is 3.68. The van der Waals surface area contributed by atoms with Gasteiger partial charge in [0.15, 0.2) is 0 Å². The van der Waals surface area contributed by atoms with Gasteiger partial charge in [0.25, 0.3) is 0 Å². The van der Waals surface area contributed by atoms with E-state index in [0.29, 0.717) is 5.56 Å². The minimum atomic E-state index is -0.314. The van der Waals surface area contributed by atoms with Gasteiger partial charge < -0.3 is 15.5 Å². The van der Waals surface area contributed by atoms with Crippen LogP contribution in [0.4, 0.5) is 0 Å². The van der Waals surface area contributed by atoms with E-state index in [1.807, 2.05) is 19.1 Å². The summed E-state index contributed by atoms with van der Waals surface area (Å²) in [7, 11) is 0. The standard InChI is InChI=1S/C12H16N2O2/c1-9(14-12(7-15)8-16)11-4-2-10(6-13)3-5-11/h2-5,9,12,14-16H,7-8H2,1H3. The van der Waals surface area contributed by atoms with Crippen LogP contribution in [0.15, 0.2) is 24.3 Å². The minimum absolute atomic E-state index is 0.0250. The number of nitriles is 1. The Balaban J connectivity index is 2.65. The van der Waals surface area contributed by atoms with Gasteiger partial charge >= 0.3 is 0 Å². The van der Waals surface area contributed by atoms with Crippen molar-refractivity contribution in [3.63, 3.8) is 0 Å². The lowest BCUT2D eigenvalue weighted by molar-refractivity contribution is 0.163. The minimum Gasteiger partial charge on any atom is -0.395 e. The second-order valence-corrected chi connectivity index (χ2v) is 3.68. The van der Waals surface area contributed by atoms with E-state index in [1.54, 1.807) is 12.1 Å². The van der Waals surface area contributed by atoms with Crippen molar-refractivity contribution in [1.29, 1.82) is 5.26 Å². The fourth-order valence-electron chi connectivity index (χ4n) is 1.46. The molecule has 3 N–H and O–H groups in total. The highest BCUT2D eigenvalue weighted by Gasteiger charge is 2.11. The Bertz CT molecular complexity index is 352. The summed E-state index contributed by atoms with van der Waals surface area (Å²) in [5, 5.41) is 29.6. The van der Waals surface area contributed by atoms with Crippen molar-refractivity contribution in [2.45, 2.75) is 19.0 Å². The zero-order chi connectivity index (χ0) is 12.0. The summed E-state index contributed by atoms with van der Waals surface area (Å²) in [5.74, 6) is 0. The number of nitrogens with zero attached hydrogens (tertiary/aromatic N) is 1. The first kappa shape index (κ1) is 12.7. The highest BCUT2D eigenvalue weighted by Crippen LogP contribution is 2.13. The van der Waals surface area contributed by atoms with Crippen LogP contribution in [0.5, 0.6) is 0 Å². The summed E-state index contributed by atoms with van der Waals surface area (Å²) in [6, 6.07) is 8.99. The summed E-state index contributed by atoms with van der Waals surface area (Å²) >= 11 is 0. The topological polar surface area (TPSA) is 76.3 Å². The van der Waals surface area contributed by atoms with Crippen molar-refractivity contribution in [2.75, 3.05) is 13.2 Å². The molecule has 86 valence electrons. The van der Waals surface area contributed by atoms with Crippen molar-refractivity contribution in [2.24, 2.45) is 0 Å². The van der Waals surface area contributed by atoms with E-state index >= 15 is 0 Å². The average molecular weight is 220 g/mol. The third-order valence-corrected chi connectivity index (χ3v) is 2.47. The van der Waals surface area contributed by atoms with E-state index in [-0.39, 0.29) is 25.3 Å². The number of nitrogens with one attached hydrogen (secondary N) is 1. The van der Waals surface area contributed by atoms with Crippen LogP contribution in [0.25, 0.3) is 0 Å². The van der Waals surface area contributed by atoms with Gasteiger partial charge in [-0.3, -0.25) is 0 Å². The third-order valence-electron chi connectivity index (χ3n) is 2.47. The number of hydrogen-bond donors (Lipinski definition) is 3. The lowest BCUT2D eigenvalue weighted by Gasteiger charge is -2.20. The number of hydrogen-bond acceptors (Lipinski definition) is 4. The van der Waals surface area contributed by atoms with Crippen LogP contribution in [-0.2, 0) is 0 Å². The van der Waals surface area contributed by atoms with Crippen LogP contribution in [0.1, 0.15) is 24.1 Å². The van der Waals surface area contributed by atoms with Crippen molar-refractivity contribution in [3.8, 4) is 6.07 Å². The van der Waals surface area contributed by atoms with Crippen LogP contribution in [-0.4, -0.2) is 29.5 Å². The van der Waals surface area contributed by atoms with Gasteiger partial charge in [0, 0.05) is 6.04 Å². The van der Waals surface area contributed by atoms with Gasteiger partial charge in [-0.2, -0.15) is 5.26 Å². The molecule has 0 spiro atoms.